The molecule has 0 bridgehead atoms. The van der Waals surface area contributed by atoms with E-state index in [0.29, 0.717) is 0 Å². The van der Waals surface area contributed by atoms with Crippen LogP contribution in [0.1, 0.15) is 13.8 Å². The lowest BCUT2D eigenvalue weighted by molar-refractivity contribution is -0.133. The standard InChI is InChI=1S/C8H9NO3/c1-5-7(11)3-4-8(9-5)12-6(2)10/h3-5H,1-2H3. The molecule has 0 amide bonds. The Morgan fingerprint density at radius 1 is 1.58 bits per heavy atom. The van der Waals surface area contributed by atoms with Crippen molar-refractivity contribution in [3.63, 3.8) is 0 Å². The topological polar surface area (TPSA) is 55.7 Å². The summed E-state index contributed by atoms with van der Waals surface area (Å²) >= 11 is 0. The van der Waals surface area contributed by atoms with Crippen LogP contribution in [0, 0.1) is 0 Å². The van der Waals surface area contributed by atoms with Crippen LogP contribution >= 0.6 is 0 Å². The number of ether oxygens (including phenoxy) is 1. The first-order valence-corrected chi connectivity index (χ1v) is 3.58. The lowest BCUT2D eigenvalue weighted by Crippen LogP contribution is -2.21. The number of hydrogen-bond donors (Lipinski definition) is 0. The summed E-state index contributed by atoms with van der Waals surface area (Å²) in [5, 5.41) is 0. The third-order valence-corrected chi connectivity index (χ3v) is 1.37. The van der Waals surface area contributed by atoms with Gasteiger partial charge in [0.25, 0.3) is 0 Å². The molecule has 1 unspecified atom stereocenters. The van der Waals surface area contributed by atoms with E-state index < -0.39 is 12.0 Å². The summed E-state index contributed by atoms with van der Waals surface area (Å²) in [6.07, 6.45) is 2.75. The van der Waals surface area contributed by atoms with Gasteiger partial charge in [-0.2, -0.15) is 0 Å². The summed E-state index contributed by atoms with van der Waals surface area (Å²) in [5.74, 6) is -0.305. The molecule has 1 aliphatic rings. The highest BCUT2D eigenvalue weighted by molar-refractivity contribution is 6.06. The molecule has 0 aliphatic carbocycles. The molecule has 1 aliphatic heterocycles. The number of hydrogen-bond acceptors (Lipinski definition) is 4. The fraction of sp³-hybridized carbons (Fsp3) is 0.375. The Hall–Kier alpha value is -1.45. The molecule has 0 radical (unpaired) electrons. The molecule has 0 aromatic carbocycles. The van der Waals surface area contributed by atoms with E-state index in [4.69, 9.17) is 0 Å². The molecule has 12 heavy (non-hydrogen) atoms. The van der Waals surface area contributed by atoms with E-state index in [0.717, 1.165) is 0 Å². The van der Waals surface area contributed by atoms with E-state index in [2.05, 4.69) is 9.73 Å². The van der Waals surface area contributed by atoms with E-state index >= 15 is 0 Å². The minimum atomic E-state index is -0.440. The zero-order chi connectivity index (χ0) is 9.14. The summed E-state index contributed by atoms with van der Waals surface area (Å²) in [6, 6.07) is -0.440. The average molecular weight is 167 g/mol. The molecule has 1 rings (SSSR count). The SMILES string of the molecule is CC(=O)OC1=NC(C)C(=O)C=C1. The van der Waals surface area contributed by atoms with Crippen LogP contribution in [0.15, 0.2) is 17.1 Å². The summed E-state index contributed by atoms with van der Waals surface area (Å²) in [4.78, 5) is 25.2. The minimum Gasteiger partial charge on any atom is -0.408 e. The van der Waals surface area contributed by atoms with E-state index in [-0.39, 0.29) is 11.7 Å². The maximum atomic E-state index is 10.9. The Morgan fingerprint density at radius 2 is 2.25 bits per heavy atom. The van der Waals surface area contributed by atoms with Crippen molar-refractivity contribution < 1.29 is 14.3 Å². The molecule has 0 spiro atoms. The van der Waals surface area contributed by atoms with Crippen molar-refractivity contribution in [3.05, 3.63) is 12.2 Å². The van der Waals surface area contributed by atoms with Gasteiger partial charge in [-0.3, -0.25) is 9.59 Å². The predicted octanol–water partition coefficient (Wildman–Crippen LogP) is 0.475. The van der Waals surface area contributed by atoms with Crippen molar-refractivity contribution in [2.45, 2.75) is 19.9 Å². The maximum Gasteiger partial charge on any atom is 0.309 e. The second-order valence-electron chi connectivity index (χ2n) is 2.47. The van der Waals surface area contributed by atoms with Gasteiger partial charge in [-0.1, -0.05) is 0 Å². The summed E-state index contributed by atoms with van der Waals surface area (Å²) in [5.41, 5.74) is 0. The summed E-state index contributed by atoms with van der Waals surface area (Å²) < 4.78 is 4.68. The molecule has 1 atom stereocenters. The molecule has 0 N–H and O–H groups in total. The number of nitrogens with zero attached hydrogens (tertiary/aromatic N) is 1. The smallest absolute Gasteiger partial charge is 0.309 e. The van der Waals surface area contributed by atoms with Crippen LogP contribution in [0.25, 0.3) is 0 Å². The molecule has 4 heteroatoms. The van der Waals surface area contributed by atoms with Gasteiger partial charge in [0.2, 0.25) is 5.90 Å². The zero-order valence-electron chi connectivity index (χ0n) is 6.90. The van der Waals surface area contributed by atoms with Gasteiger partial charge >= 0.3 is 5.97 Å². The van der Waals surface area contributed by atoms with Gasteiger partial charge in [0, 0.05) is 13.0 Å². The first-order chi connectivity index (χ1) is 5.59. The first kappa shape index (κ1) is 8.64. The van der Waals surface area contributed by atoms with Crippen molar-refractivity contribution in [1.82, 2.24) is 0 Å². The highest BCUT2D eigenvalue weighted by Gasteiger charge is 2.15. The Kier molecular flexibility index (Phi) is 2.38. The number of carbonyl (C=O) groups is 2. The molecule has 0 saturated carbocycles. The Labute approximate surface area is 69.9 Å². The normalized spacial score (nSPS) is 22.0. The van der Waals surface area contributed by atoms with E-state index in [1.165, 1.54) is 19.1 Å². The number of aliphatic imine (C=N–C) groups is 1. The highest BCUT2D eigenvalue weighted by Crippen LogP contribution is 2.03. The molecule has 4 nitrogen and oxygen atoms in total. The number of rotatable bonds is 0. The van der Waals surface area contributed by atoms with E-state index in [1.54, 1.807) is 6.92 Å². The third-order valence-electron chi connectivity index (χ3n) is 1.37. The van der Waals surface area contributed by atoms with Crippen LogP contribution in [-0.4, -0.2) is 23.7 Å². The number of esters is 1. The van der Waals surface area contributed by atoms with E-state index in [9.17, 15) is 9.59 Å². The Morgan fingerprint density at radius 3 is 2.75 bits per heavy atom. The Balaban J connectivity index is 2.69. The molecular formula is C8H9NO3. The minimum absolute atomic E-state index is 0.0779. The number of dihydropyridines is 1. The van der Waals surface area contributed by atoms with Crippen LogP contribution in [0.4, 0.5) is 0 Å². The Bertz CT molecular complexity index is 278. The molecule has 0 saturated heterocycles. The van der Waals surface area contributed by atoms with Gasteiger partial charge in [0.1, 0.15) is 6.04 Å². The van der Waals surface area contributed by atoms with E-state index in [1.807, 2.05) is 0 Å². The lowest BCUT2D eigenvalue weighted by Gasteiger charge is -2.09. The predicted molar refractivity (Wildman–Crippen MR) is 42.8 cm³/mol. The van der Waals surface area contributed by atoms with Crippen LogP contribution in [0.5, 0.6) is 0 Å². The lowest BCUT2D eigenvalue weighted by atomic mass is 10.2. The molecule has 0 aromatic heterocycles. The van der Waals surface area contributed by atoms with Crippen LogP contribution in [0.3, 0.4) is 0 Å². The maximum absolute atomic E-state index is 10.9. The zero-order valence-corrected chi connectivity index (χ0v) is 6.90. The third kappa shape index (κ3) is 2.02. The quantitative estimate of drug-likeness (QED) is 0.493. The largest absolute Gasteiger partial charge is 0.408 e. The van der Waals surface area contributed by atoms with Gasteiger partial charge < -0.3 is 4.74 Å². The number of carbonyl (C=O) groups excluding carboxylic acids is 2. The second-order valence-corrected chi connectivity index (χ2v) is 2.47. The summed E-state index contributed by atoms with van der Waals surface area (Å²) in [7, 11) is 0. The van der Waals surface area contributed by atoms with Crippen molar-refractivity contribution in [1.29, 1.82) is 0 Å². The fourth-order valence-corrected chi connectivity index (χ4v) is 0.798. The monoisotopic (exact) mass is 167 g/mol. The molecular weight excluding hydrogens is 158 g/mol. The molecule has 0 fully saturated rings. The van der Waals surface area contributed by atoms with Crippen molar-refractivity contribution in [2.24, 2.45) is 4.99 Å². The highest BCUT2D eigenvalue weighted by atomic mass is 16.5. The van der Waals surface area contributed by atoms with Crippen molar-refractivity contribution in [2.75, 3.05) is 0 Å². The van der Waals surface area contributed by atoms with Gasteiger partial charge in [-0.25, -0.2) is 4.99 Å². The van der Waals surface area contributed by atoms with Gasteiger partial charge in [-0.15, -0.1) is 0 Å². The van der Waals surface area contributed by atoms with Crippen LogP contribution in [0.2, 0.25) is 0 Å². The van der Waals surface area contributed by atoms with Gasteiger partial charge in [0.05, 0.1) is 0 Å². The molecule has 0 aromatic rings. The van der Waals surface area contributed by atoms with Crippen LogP contribution < -0.4 is 0 Å². The second kappa shape index (κ2) is 3.30. The van der Waals surface area contributed by atoms with Gasteiger partial charge in [0.15, 0.2) is 5.78 Å². The first-order valence-electron chi connectivity index (χ1n) is 3.58. The summed E-state index contributed by atoms with van der Waals surface area (Å²) in [6.45, 7) is 2.94. The number of ketones is 1. The van der Waals surface area contributed by atoms with Crippen molar-refractivity contribution >= 4 is 17.7 Å². The molecule has 1 heterocycles. The average Bonchev–Trinajstić information content (AvgIpc) is 1.96. The van der Waals surface area contributed by atoms with Crippen molar-refractivity contribution in [3.8, 4) is 0 Å². The van der Waals surface area contributed by atoms with Gasteiger partial charge in [-0.05, 0) is 13.0 Å². The van der Waals surface area contributed by atoms with Crippen LogP contribution in [-0.2, 0) is 14.3 Å². The molecule has 64 valence electrons. The fourth-order valence-electron chi connectivity index (χ4n) is 0.798.